The smallest absolute Gasteiger partial charge is 0.270 e. The van der Waals surface area contributed by atoms with Gasteiger partial charge in [0.2, 0.25) is 0 Å². The third-order valence-corrected chi connectivity index (χ3v) is 4.01. The van der Waals surface area contributed by atoms with E-state index in [1.54, 1.807) is 31.2 Å². The number of nitrogens with one attached hydrogen (secondary N) is 1. The molecule has 1 aliphatic carbocycles. The number of ketones is 2. The van der Waals surface area contributed by atoms with Gasteiger partial charge in [-0.3, -0.25) is 19.2 Å². The molecule has 0 aromatic heterocycles. The number of carbonyl (C=O) groups is 3. The SMILES string of the molecule is CCCC/C(=C\C1=C([3CH3])C(=O)c2ccccc2C1=O)C(=O)NOC. The summed E-state index contributed by atoms with van der Waals surface area (Å²) in [4.78, 5) is 42.1. The molecule has 1 aromatic rings. The molecule has 126 valence electrons. The van der Waals surface area contributed by atoms with E-state index >= 15 is 0 Å². The molecule has 24 heavy (non-hydrogen) atoms. The van der Waals surface area contributed by atoms with E-state index in [1.165, 1.54) is 13.2 Å². The fourth-order valence-corrected chi connectivity index (χ4v) is 2.64. The van der Waals surface area contributed by atoms with Crippen LogP contribution in [-0.2, 0) is 9.63 Å². The van der Waals surface area contributed by atoms with Crippen LogP contribution in [0.15, 0.2) is 47.1 Å². The van der Waals surface area contributed by atoms with Crippen LogP contribution in [0.1, 0.15) is 53.8 Å². The van der Waals surface area contributed by atoms with Crippen LogP contribution in [0, 0.1) is 0 Å². The van der Waals surface area contributed by atoms with E-state index in [4.69, 9.17) is 0 Å². The summed E-state index contributed by atoms with van der Waals surface area (Å²) >= 11 is 0. The van der Waals surface area contributed by atoms with Crippen molar-refractivity contribution < 1.29 is 19.2 Å². The van der Waals surface area contributed by atoms with Crippen molar-refractivity contribution in [3.05, 3.63) is 58.2 Å². The molecule has 0 bridgehead atoms. The standard InChI is InChI=1S/C19H21NO4/c1-4-5-8-13(19(23)20-24-3)11-16-12(2)17(21)14-9-6-7-10-15(14)18(16)22/h6-7,9-11H,4-5,8H2,1-3H3,(H,20,23)/b13-11+/i2-9. The Kier molecular flexibility index (Phi) is 5.82. The maximum absolute atomic E-state index is 12.7. The zero-order valence-electron chi connectivity index (χ0n) is 14.1. The molecule has 0 saturated heterocycles. The van der Waals surface area contributed by atoms with E-state index in [0.29, 0.717) is 28.7 Å². The number of carbonyl (C=O) groups excluding carboxylic acids is 3. The highest BCUT2D eigenvalue weighted by molar-refractivity contribution is 6.28. The Morgan fingerprint density at radius 3 is 2.42 bits per heavy atom. The van der Waals surface area contributed by atoms with Gasteiger partial charge in [0.05, 0.1) is 7.11 Å². The van der Waals surface area contributed by atoms with Gasteiger partial charge in [0.25, 0.3) is 5.91 Å². The molecule has 5 heteroatoms. The number of rotatable bonds is 6. The van der Waals surface area contributed by atoms with Crippen molar-refractivity contribution in [1.82, 2.24) is 5.48 Å². The lowest BCUT2D eigenvalue weighted by atomic mass is 2.89. The van der Waals surface area contributed by atoms with Gasteiger partial charge in [-0.2, -0.15) is 0 Å². The first kappa shape index (κ1) is 17.8. The minimum atomic E-state index is -0.398. The van der Waals surface area contributed by atoms with E-state index in [9.17, 15) is 14.4 Å². The number of amides is 1. The second-order valence-corrected chi connectivity index (χ2v) is 5.65. The van der Waals surface area contributed by atoms with Crippen LogP contribution < -0.4 is 5.48 Å². The monoisotopic (exact) mass is 318 g/mol. The molecule has 0 saturated carbocycles. The van der Waals surface area contributed by atoms with Crippen molar-refractivity contribution in [3.8, 4) is 0 Å². The highest BCUT2D eigenvalue weighted by Crippen LogP contribution is 2.28. The third kappa shape index (κ3) is 3.51. The number of unbranched alkanes of at least 4 members (excludes halogenated alkanes) is 1. The summed E-state index contributed by atoms with van der Waals surface area (Å²) in [6, 6.07) is 6.74. The fraction of sp³-hybridized carbons (Fsp3) is 0.316. The zero-order chi connectivity index (χ0) is 17.7. The summed E-state index contributed by atoms with van der Waals surface area (Å²) in [6.45, 7) is 3.63. The molecule has 0 radical (unpaired) electrons. The molecule has 1 N–H and O–H groups in total. The molecule has 0 fully saturated rings. The first-order valence-electron chi connectivity index (χ1n) is 7.94. The first-order valence-corrected chi connectivity index (χ1v) is 7.94. The van der Waals surface area contributed by atoms with Gasteiger partial charge < -0.3 is 0 Å². The lowest BCUT2D eigenvalue weighted by Gasteiger charge is -2.18. The van der Waals surface area contributed by atoms with Crippen molar-refractivity contribution in [2.75, 3.05) is 7.11 Å². The van der Waals surface area contributed by atoms with E-state index in [1.807, 2.05) is 6.92 Å². The van der Waals surface area contributed by atoms with Gasteiger partial charge in [-0.05, 0) is 25.8 Å². The molecule has 0 heterocycles. The maximum Gasteiger partial charge on any atom is 0.270 e. The molecule has 0 atom stereocenters. The number of fused-ring (bicyclic) bond motifs is 1. The molecular weight excluding hydrogens is 297 g/mol. The molecule has 0 unspecified atom stereocenters. The minimum Gasteiger partial charge on any atom is -0.289 e. The molecular formula is C19H21NO4. The van der Waals surface area contributed by atoms with Gasteiger partial charge in [0, 0.05) is 27.8 Å². The number of allylic oxidation sites excluding steroid dienone is 3. The van der Waals surface area contributed by atoms with Crippen LogP contribution in [0.4, 0.5) is 0 Å². The van der Waals surface area contributed by atoms with Crippen molar-refractivity contribution >= 4 is 17.5 Å². The van der Waals surface area contributed by atoms with Gasteiger partial charge in [0.15, 0.2) is 11.6 Å². The number of Topliss-reactive ketones (excluding diaryl/α,β-unsaturated/α-hetero) is 2. The van der Waals surface area contributed by atoms with E-state index in [-0.39, 0.29) is 17.1 Å². The predicted octanol–water partition coefficient (Wildman–Crippen LogP) is 3.18. The maximum atomic E-state index is 12.7. The average Bonchev–Trinajstić information content (AvgIpc) is 2.59. The Morgan fingerprint density at radius 1 is 1.21 bits per heavy atom. The van der Waals surface area contributed by atoms with Gasteiger partial charge in [-0.1, -0.05) is 37.6 Å². The number of hydroxylamine groups is 1. The molecule has 1 amide bonds. The Balaban J connectivity index is 2.47. The molecule has 2 rings (SSSR count). The van der Waals surface area contributed by atoms with Crippen LogP contribution in [-0.4, -0.2) is 24.6 Å². The number of hydrogen-bond donors (Lipinski definition) is 1. The highest BCUT2D eigenvalue weighted by Gasteiger charge is 2.29. The quantitative estimate of drug-likeness (QED) is 0.646. The number of hydrogen-bond acceptors (Lipinski definition) is 4. The summed E-state index contributed by atoms with van der Waals surface area (Å²) in [5.74, 6) is -0.814. The van der Waals surface area contributed by atoms with Crippen molar-refractivity contribution in [2.45, 2.75) is 33.1 Å². The molecule has 5 nitrogen and oxygen atoms in total. The predicted molar refractivity (Wildman–Crippen MR) is 90.6 cm³/mol. The van der Waals surface area contributed by atoms with E-state index < -0.39 is 5.91 Å². The van der Waals surface area contributed by atoms with Crippen LogP contribution >= 0.6 is 0 Å². The Morgan fingerprint density at radius 2 is 1.83 bits per heavy atom. The van der Waals surface area contributed by atoms with Gasteiger partial charge in [-0.15, -0.1) is 0 Å². The summed E-state index contributed by atoms with van der Waals surface area (Å²) in [7, 11) is 1.35. The van der Waals surface area contributed by atoms with Crippen LogP contribution in [0.3, 0.4) is 0 Å². The Labute approximate surface area is 141 Å². The summed E-state index contributed by atoms with van der Waals surface area (Å²) in [5, 5.41) is 0. The Bertz CT molecular complexity index is 743. The minimum absolute atomic E-state index is 0.182. The Hall–Kier alpha value is -2.53. The van der Waals surface area contributed by atoms with Crippen LogP contribution in [0.5, 0.6) is 0 Å². The van der Waals surface area contributed by atoms with Gasteiger partial charge >= 0.3 is 0 Å². The second kappa shape index (κ2) is 7.84. The topological polar surface area (TPSA) is 72.5 Å². The first-order chi connectivity index (χ1) is 11.5. The zero-order valence-corrected chi connectivity index (χ0v) is 14.1. The lowest BCUT2D eigenvalue weighted by Crippen LogP contribution is -2.25. The third-order valence-electron chi connectivity index (χ3n) is 4.01. The largest absolute Gasteiger partial charge is 0.289 e. The van der Waals surface area contributed by atoms with Gasteiger partial charge in [0.1, 0.15) is 0 Å². The van der Waals surface area contributed by atoms with E-state index in [0.717, 1.165) is 12.8 Å². The number of benzene rings is 1. The summed E-state index contributed by atoms with van der Waals surface area (Å²) < 4.78 is 0. The molecule has 0 aliphatic heterocycles. The average molecular weight is 318 g/mol. The van der Waals surface area contributed by atoms with Gasteiger partial charge in [-0.25, -0.2) is 5.48 Å². The highest BCUT2D eigenvalue weighted by atomic mass is 16.6. The fourth-order valence-electron chi connectivity index (χ4n) is 2.64. The van der Waals surface area contributed by atoms with Crippen molar-refractivity contribution in [3.63, 3.8) is 0 Å². The summed E-state index contributed by atoms with van der Waals surface area (Å²) in [5.41, 5.74) is 4.12. The second-order valence-electron chi connectivity index (χ2n) is 5.65. The molecule has 0 spiro atoms. The summed E-state index contributed by atoms with van der Waals surface area (Å²) in [6.07, 6.45) is 3.74. The molecule has 1 aliphatic rings. The van der Waals surface area contributed by atoms with Crippen LogP contribution in [0.2, 0.25) is 0 Å². The van der Waals surface area contributed by atoms with Crippen molar-refractivity contribution in [1.29, 1.82) is 0 Å². The normalized spacial score (nSPS) is 14.7. The van der Waals surface area contributed by atoms with E-state index in [2.05, 4.69) is 10.3 Å². The van der Waals surface area contributed by atoms with Crippen molar-refractivity contribution in [2.24, 2.45) is 0 Å². The molecule has 1 aromatic carbocycles. The van der Waals surface area contributed by atoms with Crippen LogP contribution in [0.25, 0.3) is 0 Å². The lowest BCUT2D eigenvalue weighted by molar-refractivity contribution is -0.127.